The van der Waals surface area contributed by atoms with Crippen molar-refractivity contribution in [1.82, 2.24) is 14.7 Å². The first-order chi connectivity index (χ1) is 13.5. The number of ether oxygens (including phenoxy) is 1. The van der Waals surface area contributed by atoms with Crippen molar-refractivity contribution in [1.29, 1.82) is 5.26 Å². The molecule has 1 aromatic heterocycles. The largest absolute Gasteiger partial charge is 0.388 e. The van der Waals surface area contributed by atoms with Crippen LogP contribution in [0.15, 0.2) is 42.7 Å². The molecule has 0 spiro atoms. The van der Waals surface area contributed by atoms with E-state index in [1.54, 1.807) is 40.2 Å². The van der Waals surface area contributed by atoms with Crippen molar-refractivity contribution >= 4 is 17.5 Å². The Bertz CT molecular complexity index is 912. The molecule has 1 aromatic carbocycles. The second-order valence-corrected chi connectivity index (χ2v) is 7.02. The summed E-state index contributed by atoms with van der Waals surface area (Å²) in [7, 11) is 0. The van der Waals surface area contributed by atoms with Crippen molar-refractivity contribution in [2.24, 2.45) is 0 Å². The molecule has 1 aliphatic rings. The predicted molar refractivity (Wildman–Crippen MR) is 104 cm³/mol. The standard InChI is InChI=1S/C20H21ClN4O3/c1-14(10-22)8-19(26)17-3-2-16(21)9-18(17)15-11-23-25(12-15)13-20(27)24-4-6-28-7-5-24/h2-3,9,11-12,19,26H,1,4-8,13H2/t19-/m0/s1. The number of carbonyl (C=O) groups excluding carboxylic acids is 1. The minimum absolute atomic E-state index is 0.0189. The predicted octanol–water partition coefficient (Wildman–Crippen LogP) is 2.57. The van der Waals surface area contributed by atoms with E-state index in [4.69, 9.17) is 21.6 Å². The lowest BCUT2D eigenvalue weighted by molar-refractivity contribution is -0.136. The van der Waals surface area contributed by atoms with E-state index in [0.717, 1.165) is 5.56 Å². The van der Waals surface area contributed by atoms with E-state index >= 15 is 0 Å². The first-order valence-corrected chi connectivity index (χ1v) is 9.29. The second kappa shape index (κ2) is 9.02. The molecule has 28 heavy (non-hydrogen) atoms. The van der Waals surface area contributed by atoms with Crippen molar-refractivity contribution in [2.75, 3.05) is 26.3 Å². The molecule has 2 aromatic rings. The zero-order chi connectivity index (χ0) is 20.1. The highest BCUT2D eigenvalue weighted by molar-refractivity contribution is 6.30. The van der Waals surface area contributed by atoms with Gasteiger partial charge < -0.3 is 14.7 Å². The van der Waals surface area contributed by atoms with E-state index in [2.05, 4.69) is 11.7 Å². The van der Waals surface area contributed by atoms with Gasteiger partial charge in [0.2, 0.25) is 5.91 Å². The van der Waals surface area contributed by atoms with E-state index in [-0.39, 0.29) is 18.9 Å². The lowest BCUT2D eigenvalue weighted by atomic mass is 9.95. The Morgan fingerprint density at radius 2 is 2.18 bits per heavy atom. The van der Waals surface area contributed by atoms with Gasteiger partial charge in [0.15, 0.2) is 0 Å². The molecule has 7 nitrogen and oxygen atoms in total. The fraction of sp³-hybridized carbons (Fsp3) is 0.350. The minimum Gasteiger partial charge on any atom is -0.388 e. The highest BCUT2D eigenvalue weighted by Crippen LogP contribution is 2.33. The van der Waals surface area contributed by atoms with Gasteiger partial charge in [0.05, 0.1) is 31.6 Å². The third kappa shape index (κ3) is 4.78. The van der Waals surface area contributed by atoms with Crippen molar-refractivity contribution in [3.8, 4) is 17.2 Å². The smallest absolute Gasteiger partial charge is 0.244 e. The first kappa shape index (κ1) is 20.1. The Kier molecular flexibility index (Phi) is 6.47. The van der Waals surface area contributed by atoms with Crippen molar-refractivity contribution in [2.45, 2.75) is 19.1 Å². The molecule has 0 radical (unpaired) electrons. The number of hydrogen-bond acceptors (Lipinski definition) is 5. The molecular formula is C20H21ClN4O3. The van der Waals surface area contributed by atoms with Crippen LogP contribution in [0.25, 0.3) is 11.1 Å². The average molecular weight is 401 g/mol. The molecule has 2 heterocycles. The van der Waals surface area contributed by atoms with Gasteiger partial charge in [-0.15, -0.1) is 0 Å². The second-order valence-electron chi connectivity index (χ2n) is 6.59. The average Bonchev–Trinajstić information content (AvgIpc) is 3.16. The zero-order valence-corrected chi connectivity index (χ0v) is 16.1. The van der Waals surface area contributed by atoms with Gasteiger partial charge in [-0.1, -0.05) is 24.2 Å². The van der Waals surface area contributed by atoms with Gasteiger partial charge in [0.25, 0.3) is 0 Å². The van der Waals surface area contributed by atoms with Crippen molar-refractivity contribution in [3.63, 3.8) is 0 Å². The Morgan fingerprint density at radius 3 is 2.89 bits per heavy atom. The van der Waals surface area contributed by atoms with Gasteiger partial charge in [0.1, 0.15) is 6.54 Å². The van der Waals surface area contributed by atoms with Crippen LogP contribution >= 0.6 is 11.6 Å². The minimum atomic E-state index is -0.891. The Balaban J connectivity index is 1.80. The molecule has 0 saturated carbocycles. The summed E-state index contributed by atoms with van der Waals surface area (Å²) >= 11 is 6.15. The van der Waals surface area contributed by atoms with Crippen LogP contribution in [0.3, 0.4) is 0 Å². The molecule has 1 amide bonds. The van der Waals surface area contributed by atoms with E-state index < -0.39 is 6.10 Å². The number of halogens is 1. The topological polar surface area (TPSA) is 91.4 Å². The Hall–Kier alpha value is -2.66. The van der Waals surface area contributed by atoms with E-state index in [1.807, 2.05) is 6.07 Å². The van der Waals surface area contributed by atoms with Crippen molar-refractivity contribution in [3.05, 3.63) is 53.3 Å². The van der Waals surface area contributed by atoms with Crippen LogP contribution in [0.2, 0.25) is 5.02 Å². The van der Waals surface area contributed by atoms with E-state index in [1.165, 1.54) is 0 Å². The summed E-state index contributed by atoms with van der Waals surface area (Å²) in [5, 5.41) is 24.2. The Labute approximate surface area is 168 Å². The van der Waals surface area contributed by atoms with Gasteiger partial charge >= 0.3 is 0 Å². The molecular weight excluding hydrogens is 380 g/mol. The summed E-state index contributed by atoms with van der Waals surface area (Å²) in [4.78, 5) is 14.2. The highest BCUT2D eigenvalue weighted by Gasteiger charge is 2.19. The number of amides is 1. The van der Waals surface area contributed by atoms with Crippen LogP contribution < -0.4 is 0 Å². The normalized spacial score (nSPS) is 15.1. The number of benzene rings is 1. The SMILES string of the molecule is C=C(C#N)C[C@H](O)c1ccc(Cl)cc1-c1cnn(CC(=O)N2CCOCC2)c1. The Morgan fingerprint density at radius 1 is 1.43 bits per heavy atom. The van der Waals surface area contributed by atoms with Gasteiger partial charge in [0, 0.05) is 41.9 Å². The fourth-order valence-corrected chi connectivity index (χ4v) is 3.27. The third-order valence-electron chi connectivity index (χ3n) is 4.58. The number of aromatic nitrogens is 2. The molecule has 0 bridgehead atoms. The molecule has 0 aliphatic carbocycles. The highest BCUT2D eigenvalue weighted by atomic mass is 35.5. The van der Waals surface area contributed by atoms with E-state index in [0.29, 0.717) is 48.0 Å². The van der Waals surface area contributed by atoms with Crippen LogP contribution in [0, 0.1) is 11.3 Å². The van der Waals surface area contributed by atoms with Crippen LogP contribution in [0.5, 0.6) is 0 Å². The van der Waals surface area contributed by atoms with Crippen LogP contribution in [-0.4, -0.2) is 52.0 Å². The molecule has 3 rings (SSSR count). The summed E-state index contributed by atoms with van der Waals surface area (Å²) in [6, 6.07) is 7.09. The molecule has 0 unspecified atom stereocenters. The maximum Gasteiger partial charge on any atom is 0.244 e. The van der Waals surface area contributed by atoms with Gasteiger partial charge in [-0.3, -0.25) is 9.48 Å². The summed E-state index contributed by atoms with van der Waals surface area (Å²) in [5.41, 5.74) is 2.35. The molecule has 1 fully saturated rings. The maximum atomic E-state index is 12.4. The lowest BCUT2D eigenvalue weighted by Gasteiger charge is -2.26. The summed E-state index contributed by atoms with van der Waals surface area (Å²) in [5.74, 6) is -0.0189. The number of nitrogens with zero attached hydrogens (tertiary/aromatic N) is 4. The van der Waals surface area contributed by atoms with Gasteiger partial charge in [-0.25, -0.2) is 0 Å². The number of carbonyl (C=O) groups is 1. The fourth-order valence-electron chi connectivity index (χ4n) is 3.10. The van der Waals surface area contributed by atoms with Crippen LogP contribution in [0.1, 0.15) is 18.1 Å². The summed E-state index contributed by atoms with van der Waals surface area (Å²) < 4.78 is 6.83. The summed E-state index contributed by atoms with van der Waals surface area (Å²) in [6.45, 7) is 6.02. The van der Waals surface area contributed by atoms with Gasteiger partial charge in [-0.2, -0.15) is 10.4 Å². The molecule has 1 atom stereocenters. The monoisotopic (exact) mass is 400 g/mol. The molecule has 1 N–H and O–H groups in total. The number of aliphatic hydroxyl groups excluding tert-OH is 1. The number of rotatable bonds is 6. The molecule has 1 aliphatic heterocycles. The van der Waals surface area contributed by atoms with Crippen LogP contribution in [-0.2, 0) is 16.1 Å². The quantitative estimate of drug-likeness (QED) is 0.752. The number of aliphatic hydroxyl groups is 1. The number of hydrogen-bond donors (Lipinski definition) is 1. The molecule has 146 valence electrons. The molecule has 8 heteroatoms. The first-order valence-electron chi connectivity index (χ1n) is 8.91. The number of morpholine rings is 1. The van der Waals surface area contributed by atoms with Gasteiger partial charge in [-0.05, 0) is 23.3 Å². The zero-order valence-electron chi connectivity index (χ0n) is 15.3. The number of nitriles is 1. The van der Waals surface area contributed by atoms with Crippen LogP contribution in [0.4, 0.5) is 0 Å². The third-order valence-corrected chi connectivity index (χ3v) is 4.81. The lowest BCUT2D eigenvalue weighted by Crippen LogP contribution is -2.42. The maximum absolute atomic E-state index is 12.4. The molecule has 1 saturated heterocycles. The van der Waals surface area contributed by atoms with Crippen molar-refractivity contribution < 1.29 is 14.6 Å². The summed E-state index contributed by atoms with van der Waals surface area (Å²) in [6.07, 6.45) is 2.62. The van der Waals surface area contributed by atoms with E-state index in [9.17, 15) is 9.90 Å².